The van der Waals surface area contributed by atoms with Crippen LogP contribution in [0.5, 0.6) is 0 Å². The summed E-state index contributed by atoms with van der Waals surface area (Å²) >= 11 is 6.22. The van der Waals surface area contributed by atoms with E-state index in [9.17, 15) is 8.78 Å². The molecule has 2 rings (SSSR count). The van der Waals surface area contributed by atoms with E-state index in [1.54, 1.807) is 6.92 Å². The van der Waals surface area contributed by atoms with E-state index < -0.39 is 17.0 Å². The quantitative estimate of drug-likeness (QED) is 0.686. The fourth-order valence-corrected chi connectivity index (χ4v) is 2.47. The number of hydrogen-bond donors (Lipinski definition) is 0. The molecular formula is C16H15ClF2. The van der Waals surface area contributed by atoms with E-state index in [0.29, 0.717) is 12.0 Å². The van der Waals surface area contributed by atoms with Crippen molar-refractivity contribution in [3.8, 4) is 0 Å². The predicted octanol–water partition coefficient (Wildman–Crippen LogP) is 5.10. The van der Waals surface area contributed by atoms with Gasteiger partial charge in [0.05, 0.1) is 5.38 Å². The highest BCUT2D eigenvalue weighted by Crippen LogP contribution is 2.31. The molecule has 0 aromatic heterocycles. The molecule has 0 saturated carbocycles. The topological polar surface area (TPSA) is 0 Å². The molecule has 3 heteroatoms. The Balaban J connectivity index is 2.33. The molecule has 0 spiro atoms. The second kappa shape index (κ2) is 5.70. The van der Waals surface area contributed by atoms with Crippen LogP contribution in [0.3, 0.4) is 0 Å². The predicted molar refractivity (Wildman–Crippen MR) is 74.6 cm³/mol. The van der Waals surface area contributed by atoms with E-state index in [-0.39, 0.29) is 5.56 Å². The zero-order valence-electron chi connectivity index (χ0n) is 10.9. The lowest BCUT2D eigenvalue weighted by atomic mass is 9.98. The Hall–Kier alpha value is -1.41. The van der Waals surface area contributed by atoms with E-state index in [1.807, 2.05) is 31.2 Å². The van der Waals surface area contributed by atoms with E-state index in [0.717, 1.165) is 11.1 Å². The first-order chi connectivity index (χ1) is 9.00. The van der Waals surface area contributed by atoms with Crippen molar-refractivity contribution in [2.24, 2.45) is 0 Å². The Morgan fingerprint density at radius 3 is 2.37 bits per heavy atom. The summed E-state index contributed by atoms with van der Waals surface area (Å²) in [7, 11) is 0. The second-order valence-corrected chi connectivity index (χ2v) is 5.22. The molecule has 0 aliphatic heterocycles. The van der Waals surface area contributed by atoms with Gasteiger partial charge in [-0.1, -0.05) is 30.3 Å². The maximum atomic E-state index is 14.0. The highest BCUT2D eigenvalue weighted by atomic mass is 35.5. The van der Waals surface area contributed by atoms with Crippen molar-refractivity contribution in [2.45, 2.75) is 25.6 Å². The molecule has 0 N–H and O–H groups in total. The zero-order valence-corrected chi connectivity index (χ0v) is 11.6. The third-order valence-corrected chi connectivity index (χ3v) is 3.67. The molecule has 0 amide bonds. The molecular weight excluding hydrogens is 266 g/mol. The third-order valence-electron chi connectivity index (χ3n) is 3.29. The van der Waals surface area contributed by atoms with Crippen LogP contribution in [0.15, 0.2) is 36.4 Å². The molecule has 19 heavy (non-hydrogen) atoms. The largest absolute Gasteiger partial charge is 0.207 e. The molecule has 0 aliphatic carbocycles. The standard InChI is InChI=1S/C16H15ClF2/c1-10-5-3-4-6-12(10)9-13(17)15-14(18)8-7-11(2)16(15)19/h3-8,13H,9H2,1-2H3. The van der Waals surface area contributed by atoms with Crippen LogP contribution < -0.4 is 0 Å². The van der Waals surface area contributed by atoms with Crippen molar-refractivity contribution in [1.29, 1.82) is 0 Å². The average molecular weight is 281 g/mol. The van der Waals surface area contributed by atoms with Crippen LogP contribution in [0.1, 0.15) is 27.6 Å². The van der Waals surface area contributed by atoms with Crippen LogP contribution in [0, 0.1) is 25.5 Å². The average Bonchev–Trinajstić information content (AvgIpc) is 2.37. The lowest BCUT2D eigenvalue weighted by Crippen LogP contribution is -2.05. The van der Waals surface area contributed by atoms with Crippen LogP contribution in [0.4, 0.5) is 8.78 Å². The summed E-state index contributed by atoms with van der Waals surface area (Å²) in [5.41, 5.74) is 2.45. The first-order valence-electron chi connectivity index (χ1n) is 6.13. The van der Waals surface area contributed by atoms with E-state index in [4.69, 9.17) is 11.6 Å². The molecule has 100 valence electrons. The number of hydrogen-bond acceptors (Lipinski definition) is 0. The minimum absolute atomic E-state index is 0.0371. The molecule has 0 heterocycles. The van der Waals surface area contributed by atoms with Gasteiger partial charge in [-0.2, -0.15) is 0 Å². The van der Waals surface area contributed by atoms with Gasteiger partial charge in [-0.25, -0.2) is 8.78 Å². The fourth-order valence-electron chi connectivity index (χ4n) is 2.10. The summed E-state index contributed by atoms with van der Waals surface area (Å²) in [6, 6.07) is 10.4. The first-order valence-corrected chi connectivity index (χ1v) is 6.57. The summed E-state index contributed by atoms with van der Waals surface area (Å²) < 4.78 is 27.8. The fraction of sp³-hybridized carbons (Fsp3) is 0.250. The van der Waals surface area contributed by atoms with Gasteiger partial charge >= 0.3 is 0 Å². The Morgan fingerprint density at radius 2 is 1.68 bits per heavy atom. The zero-order chi connectivity index (χ0) is 14.0. The molecule has 0 nitrogen and oxygen atoms in total. The molecule has 0 bridgehead atoms. The molecule has 0 radical (unpaired) electrons. The van der Waals surface area contributed by atoms with Crippen LogP contribution in [-0.2, 0) is 6.42 Å². The highest BCUT2D eigenvalue weighted by molar-refractivity contribution is 6.21. The maximum Gasteiger partial charge on any atom is 0.133 e. The minimum Gasteiger partial charge on any atom is -0.207 e. The summed E-state index contributed by atoms with van der Waals surface area (Å²) in [5.74, 6) is -1.13. The van der Waals surface area contributed by atoms with E-state index in [2.05, 4.69) is 0 Å². The van der Waals surface area contributed by atoms with Crippen molar-refractivity contribution >= 4 is 11.6 Å². The van der Waals surface area contributed by atoms with Gasteiger partial charge in [-0.05, 0) is 43.0 Å². The molecule has 1 atom stereocenters. The molecule has 1 unspecified atom stereocenters. The van der Waals surface area contributed by atoms with Gasteiger partial charge in [0.2, 0.25) is 0 Å². The number of aryl methyl sites for hydroxylation is 2. The Kier molecular flexibility index (Phi) is 4.20. The Bertz CT molecular complexity index is 593. The smallest absolute Gasteiger partial charge is 0.133 e. The second-order valence-electron chi connectivity index (χ2n) is 4.69. The van der Waals surface area contributed by atoms with E-state index >= 15 is 0 Å². The summed E-state index contributed by atoms with van der Waals surface area (Å²) in [5, 5.41) is -0.707. The molecule has 0 saturated heterocycles. The van der Waals surface area contributed by atoms with Crippen LogP contribution in [0.2, 0.25) is 0 Å². The van der Waals surface area contributed by atoms with Gasteiger partial charge in [0, 0.05) is 5.56 Å². The van der Waals surface area contributed by atoms with Crippen molar-refractivity contribution < 1.29 is 8.78 Å². The van der Waals surface area contributed by atoms with Crippen molar-refractivity contribution in [2.75, 3.05) is 0 Å². The number of halogens is 3. The lowest BCUT2D eigenvalue weighted by molar-refractivity contribution is 0.545. The lowest BCUT2D eigenvalue weighted by Gasteiger charge is -2.14. The molecule has 2 aromatic rings. The molecule has 0 aliphatic rings. The van der Waals surface area contributed by atoms with Crippen LogP contribution in [-0.4, -0.2) is 0 Å². The van der Waals surface area contributed by atoms with Crippen molar-refractivity contribution in [3.63, 3.8) is 0 Å². The highest BCUT2D eigenvalue weighted by Gasteiger charge is 2.20. The van der Waals surface area contributed by atoms with Gasteiger partial charge in [-0.15, -0.1) is 11.6 Å². The monoisotopic (exact) mass is 280 g/mol. The van der Waals surface area contributed by atoms with Crippen LogP contribution >= 0.6 is 11.6 Å². The van der Waals surface area contributed by atoms with Gasteiger partial charge < -0.3 is 0 Å². The summed E-state index contributed by atoms with van der Waals surface area (Å²) in [6.45, 7) is 3.57. The van der Waals surface area contributed by atoms with Crippen LogP contribution in [0.25, 0.3) is 0 Å². The maximum absolute atomic E-state index is 14.0. The Morgan fingerprint density at radius 1 is 1.00 bits per heavy atom. The number of alkyl halides is 1. The van der Waals surface area contributed by atoms with E-state index in [1.165, 1.54) is 12.1 Å². The normalized spacial score (nSPS) is 12.5. The van der Waals surface area contributed by atoms with Crippen molar-refractivity contribution in [3.05, 3.63) is 70.3 Å². The third kappa shape index (κ3) is 2.95. The SMILES string of the molecule is Cc1ccccc1CC(Cl)c1c(F)ccc(C)c1F. The minimum atomic E-state index is -0.707. The number of benzene rings is 2. The number of rotatable bonds is 3. The van der Waals surface area contributed by atoms with Crippen molar-refractivity contribution in [1.82, 2.24) is 0 Å². The Labute approximate surface area is 117 Å². The van der Waals surface area contributed by atoms with Gasteiger partial charge in [-0.3, -0.25) is 0 Å². The van der Waals surface area contributed by atoms with Gasteiger partial charge in [0.15, 0.2) is 0 Å². The first kappa shape index (κ1) is 14.0. The summed E-state index contributed by atoms with van der Waals surface area (Å²) in [6.07, 6.45) is 0.408. The van der Waals surface area contributed by atoms with Gasteiger partial charge in [0.25, 0.3) is 0 Å². The van der Waals surface area contributed by atoms with Gasteiger partial charge in [0.1, 0.15) is 11.6 Å². The summed E-state index contributed by atoms with van der Waals surface area (Å²) in [4.78, 5) is 0. The molecule has 0 fully saturated rings. The molecule has 2 aromatic carbocycles.